The Hall–Kier alpha value is -3.61. The van der Waals surface area contributed by atoms with Gasteiger partial charge < -0.3 is 9.64 Å². The van der Waals surface area contributed by atoms with Crippen molar-refractivity contribution in [3.8, 4) is 5.69 Å². The maximum absolute atomic E-state index is 12.8. The summed E-state index contributed by atoms with van der Waals surface area (Å²) >= 11 is 0. The summed E-state index contributed by atoms with van der Waals surface area (Å²) in [7, 11) is -4.03. The Labute approximate surface area is 206 Å². The van der Waals surface area contributed by atoms with E-state index in [2.05, 4.69) is 20.5 Å². The van der Waals surface area contributed by atoms with Crippen LogP contribution in [0, 0.1) is 6.92 Å². The lowest BCUT2D eigenvalue weighted by atomic mass is 10.1. The zero-order valence-electron chi connectivity index (χ0n) is 19.9. The average molecular weight is 526 g/mol. The van der Waals surface area contributed by atoms with Crippen LogP contribution in [0.15, 0.2) is 53.7 Å². The minimum Gasteiger partial charge on any atom is -0.448 e. The molecule has 2 aromatic carbocycles. The standard InChI is InChI=1S/C23H26F3N5O4S/c1-4-30(5-2)19-10-11-20(16(3)14-19)28-22(32)35-12-13-36(33,34)21-15-27-29-31(21)18-8-6-17(7-9-18)23(24,25)26/h6-11,14-15H,4-5,12-13H2,1-3H3,(H,28,32). The quantitative estimate of drug-likeness (QED) is 0.440. The second-order valence-electron chi connectivity index (χ2n) is 7.78. The smallest absolute Gasteiger partial charge is 0.416 e. The molecule has 36 heavy (non-hydrogen) atoms. The monoisotopic (exact) mass is 525 g/mol. The third kappa shape index (κ3) is 6.33. The lowest BCUT2D eigenvalue weighted by Crippen LogP contribution is -2.22. The Morgan fingerprint density at radius 2 is 1.78 bits per heavy atom. The molecule has 194 valence electrons. The van der Waals surface area contributed by atoms with Crippen molar-refractivity contribution >= 4 is 27.3 Å². The molecule has 0 atom stereocenters. The molecule has 3 aromatic rings. The van der Waals surface area contributed by atoms with Gasteiger partial charge in [0.2, 0.25) is 9.84 Å². The lowest BCUT2D eigenvalue weighted by molar-refractivity contribution is -0.137. The predicted octanol–water partition coefficient (Wildman–Crippen LogP) is 4.46. The van der Waals surface area contributed by atoms with E-state index in [1.165, 1.54) is 0 Å². The number of benzene rings is 2. The molecule has 0 fully saturated rings. The number of nitrogens with zero attached hydrogens (tertiary/aromatic N) is 4. The van der Waals surface area contributed by atoms with Crippen molar-refractivity contribution < 1.29 is 31.1 Å². The highest BCUT2D eigenvalue weighted by Crippen LogP contribution is 2.30. The molecule has 0 saturated carbocycles. The Kier molecular flexibility index (Phi) is 8.23. The van der Waals surface area contributed by atoms with E-state index >= 15 is 0 Å². The maximum Gasteiger partial charge on any atom is 0.416 e. The topological polar surface area (TPSA) is 106 Å². The summed E-state index contributed by atoms with van der Waals surface area (Å²) in [6.07, 6.45) is -4.37. The van der Waals surface area contributed by atoms with Gasteiger partial charge in [0.05, 0.1) is 23.2 Å². The molecule has 3 rings (SSSR count). The van der Waals surface area contributed by atoms with E-state index in [9.17, 15) is 26.4 Å². The molecule has 1 heterocycles. The van der Waals surface area contributed by atoms with E-state index in [1.54, 1.807) is 6.07 Å². The number of rotatable bonds is 9. The number of anilines is 2. The zero-order valence-corrected chi connectivity index (χ0v) is 20.7. The molecule has 9 nitrogen and oxygen atoms in total. The number of aromatic nitrogens is 3. The van der Waals surface area contributed by atoms with Crippen LogP contribution < -0.4 is 10.2 Å². The van der Waals surface area contributed by atoms with Gasteiger partial charge in [-0.25, -0.2) is 17.9 Å². The molecule has 0 radical (unpaired) electrons. The number of sulfone groups is 1. The first-order valence-corrected chi connectivity index (χ1v) is 12.7. The summed E-state index contributed by atoms with van der Waals surface area (Å²) in [4.78, 5) is 14.4. The number of nitrogens with one attached hydrogen (secondary N) is 1. The predicted molar refractivity (Wildman–Crippen MR) is 128 cm³/mol. The molecule has 0 bridgehead atoms. The van der Waals surface area contributed by atoms with E-state index < -0.39 is 40.0 Å². The molecule has 0 unspecified atom stereocenters. The number of carbonyl (C=O) groups excluding carboxylic acids is 1. The number of hydrogen-bond acceptors (Lipinski definition) is 7. The zero-order chi connectivity index (χ0) is 26.5. The minimum atomic E-state index is -4.53. The minimum absolute atomic E-state index is 0.0846. The van der Waals surface area contributed by atoms with Gasteiger partial charge in [0.1, 0.15) is 6.61 Å². The second kappa shape index (κ2) is 11.0. The molecule has 0 saturated heterocycles. The molecule has 0 aliphatic heterocycles. The van der Waals surface area contributed by atoms with E-state index in [0.717, 1.165) is 59.5 Å². The second-order valence-corrected chi connectivity index (χ2v) is 9.84. The summed E-state index contributed by atoms with van der Waals surface area (Å²) in [5, 5.41) is 9.49. The molecular weight excluding hydrogens is 499 g/mol. The normalized spacial score (nSPS) is 11.8. The van der Waals surface area contributed by atoms with Crippen molar-refractivity contribution in [2.45, 2.75) is 32.0 Å². The Morgan fingerprint density at radius 1 is 1.11 bits per heavy atom. The molecule has 1 aromatic heterocycles. The number of ether oxygens (including phenoxy) is 1. The third-order valence-electron chi connectivity index (χ3n) is 5.44. The van der Waals surface area contributed by atoms with Crippen LogP contribution in [0.1, 0.15) is 25.0 Å². The van der Waals surface area contributed by atoms with Crippen LogP contribution in [-0.2, 0) is 20.8 Å². The number of halogens is 3. The van der Waals surface area contributed by atoms with Crippen molar-refractivity contribution in [1.29, 1.82) is 0 Å². The Bertz CT molecular complexity index is 1300. The number of carbonyl (C=O) groups is 1. The van der Waals surface area contributed by atoms with Crippen molar-refractivity contribution in [3.63, 3.8) is 0 Å². The van der Waals surface area contributed by atoms with Gasteiger partial charge in [-0.2, -0.15) is 13.2 Å². The summed E-state index contributed by atoms with van der Waals surface area (Å²) < 4.78 is 69.9. The first-order chi connectivity index (χ1) is 17.0. The summed E-state index contributed by atoms with van der Waals surface area (Å²) in [5.41, 5.74) is 1.56. The summed E-state index contributed by atoms with van der Waals surface area (Å²) in [6.45, 7) is 7.15. The molecular formula is C23H26F3N5O4S. The molecule has 0 spiro atoms. The van der Waals surface area contributed by atoms with Gasteiger partial charge in [0, 0.05) is 24.5 Å². The fraction of sp³-hybridized carbons (Fsp3) is 0.348. The third-order valence-corrected chi connectivity index (χ3v) is 7.06. The first-order valence-electron chi connectivity index (χ1n) is 11.1. The molecule has 0 aliphatic carbocycles. The van der Waals surface area contributed by atoms with Gasteiger partial charge in [-0.3, -0.25) is 5.32 Å². The largest absolute Gasteiger partial charge is 0.448 e. The summed E-state index contributed by atoms with van der Waals surface area (Å²) in [5.74, 6) is -0.575. The highest BCUT2D eigenvalue weighted by atomic mass is 32.2. The molecule has 1 amide bonds. The fourth-order valence-electron chi connectivity index (χ4n) is 3.48. The van der Waals surface area contributed by atoms with Crippen LogP contribution in [0.4, 0.5) is 29.3 Å². The SMILES string of the molecule is CCN(CC)c1ccc(NC(=O)OCCS(=O)(=O)c2cnnn2-c2ccc(C(F)(F)F)cc2)c(C)c1. The van der Waals surface area contributed by atoms with Crippen molar-refractivity contribution in [3.05, 3.63) is 59.8 Å². The number of hydrogen-bond donors (Lipinski definition) is 1. The van der Waals surface area contributed by atoms with Gasteiger partial charge in [0.15, 0.2) is 5.03 Å². The van der Waals surface area contributed by atoms with Crippen molar-refractivity contribution in [2.24, 2.45) is 0 Å². The van der Waals surface area contributed by atoms with Gasteiger partial charge >= 0.3 is 12.3 Å². The fourth-order valence-corrected chi connectivity index (χ4v) is 4.60. The molecule has 0 aliphatic rings. The van der Waals surface area contributed by atoms with Crippen LogP contribution in [0.3, 0.4) is 0 Å². The lowest BCUT2D eigenvalue weighted by Gasteiger charge is -2.22. The number of amides is 1. The van der Waals surface area contributed by atoms with E-state index in [-0.39, 0.29) is 10.7 Å². The average Bonchev–Trinajstić information content (AvgIpc) is 3.32. The maximum atomic E-state index is 12.8. The van der Waals surface area contributed by atoms with Crippen LogP contribution in [0.2, 0.25) is 0 Å². The Morgan fingerprint density at radius 3 is 2.36 bits per heavy atom. The van der Waals surface area contributed by atoms with Gasteiger partial charge in [0.25, 0.3) is 0 Å². The van der Waals surface area contributed by atoms with Gasteiger partial charge in [-0.05, 0) is 68.8 Å². The molecule has 1 N–H and O–H groups in total. The van der Waals surface area contributed by atoms with Crippen LogP contribution >= 0.6 is 0 Å². The number of aryl methyl sites for hydroxylation is 1. The highest BCUT2D eigenvalue weighted by Gasteiger charge is 2.30. The number of alkyl halides is 3. The first kappa shape index (κ1) is 27.0. The van der Waals surface area contributed by atoms with E-state index in [1.807, 2.05) is 32.9 Å². The summed E-state index contributed by atoms with van der Waals surface area (Å²) in [6, 6.07) is 9.37. The van der Waals surface area contributed by atoms with Crippen molar-refractivity contribution in [2.75, 3.05) is 35.7 Å². The highest BCUT2D eigenvalue weighted by molar-refractivity contribution is 7.91. The van der Waals surface area contributed by atoms with Gasteiger partial charge in [-0.1, -0.05) is 5.21 Å². The van der Waals surface area contributed by atoms with Crippen LogP contribution in [-0.4, -0.2) is 55.0 Å². The van der Waals surface area contributed by atoms with E-state index in [0.29, 0.717) is 5.69 Å². The van der Waals surface area contributed by atoms with Crippen LogP contribution in [0.25, 0.3) is 5.69 Å². The van der Waals surface area contributed by atoms with Crippen LogP contribution in [0.5, 0.6) is 0 Å². The Balaban J connectivity index is 1.62. The molecule has 13 heteroatoms. The van der Waals surface area contributed by atoms with Crippen molar-refractivity contribution in [1.82, 2.24) is 15.0 Å². The van der Waals surface area contributed by atoms with E-state index in [4.69, 9.17) is 4.74 Å². The van der Waals surface area contributed by atoms with Gasteiger partial charge in [-0.15, -0.1) is 5.10 Å².